The lowest BCUT2D eigenvalue weighted by atomic mass is 10.0. The summed E-state index contributed by atoms with van der Waals surface area (Å²) in [5.41, 5.74) is 1.16. The average molecular weight is 310 g/mol. The lowest BCUT2D eigenvalue weighted by molar-refractivity contribution is -0.147. The Bertz CT molecular complexity index is 647. The van der Waals surface area contributed by atoms with E-state index >= 15 is 0 Å². The number of hydrogen-bond donors (Lipinski definition) is 2. The summed E-state index contributed by atoms with van der Waals surface area (Å²) >= 11 is 6.08. The largest absolute Gasteiger partial charge is 0.466 e. The van der Waals surface area contributed by atoms with Gasteiger partial charge in [0.05, 0.1) is 29.7 Å². The van der Waals surface area contributed by atoms with Crippen LogP contribution in [0.5, 0.6) is 0 Å². The molecule has 2 aromatic rings. The van der Waals surface area contributed by atoms with E-state index in [1.54, 1.807) is 37.4 Å². The van der Waals surface area contributed by atoms with Gasteiger partial charge in [-0.15, -0.1) is 0 Å². The molecular formula is C15H16ClNO4. The molecule has 6 heteroatoms. The van der Waals surface area contributed by atoms with Gasteiger partial charge in [0, 0.05) is 11.6 Å². The molecule has 0 saturated carbocycles. The summed E-state index contributed by atoms with van der Waals surface area (Å²) in [6.07, 6.45) is -1.11. The highest BCUT2D eigenvalue weighted by atomic mass is 35.5. The standard InChI is InChI=1S/C15H16ClNO4/c1-2-21-14(19)8-13(18)15(20)9-3-4-12-10(7-9)11(16)5-6-17-12/h3-7,13,15,18,20H,2,8H2,1H3. The van der Waals surface area contributed by atoms with Crippen molar-refractivity contribution in [3.05, 3.63) is 41.0 Å². The summed E-state index contributed by atoms with van der Waals surface area (Å²) in [5, 5.41) is 21.2. The normalized spacial score (nSPS) is 13.9. The molecule has 2 unspecified atom stereocenters. The highest BCUT2D eigenvalue weighted by molar-refractivity contribution is 6.35. The van der Waals surface area contributed by atoms with Crippen LogP contribution in [-0.4, -0.2) is 33.9 Å². The van der Waals surface area contributed by atoms with Gasteiger partial charge in [-0.1, -0.05) is 17.7 Å². The zero-order chi connectivity index (χ0) is 15.4. The van der Waals surface area contributed by atoms with Crippen LogP contribution in [0.3, 0.4) is 0 Å². The minimum Gasteiger partial charge on any atom is -0.466 e. The molecule has 21 heavy (non-hydrogen) atoms. The van der Waals surface area contributed by atoms with Gasteiger partial charge in [-0.25, -0.2) is 0 Å². The van der Waals surface area contributed by atoms with Crippen LogP contribution in [0.4, 0.5) is 0 Å². The number of rotatable bonds is 5. The number of aliphatic hydroxyl groups is 2. The highest BCUT2D eigenvalue weighted by Gasteiger charge is 2.22. The molecule has 0 aliphatic heterocycles. The average Bonchev–Trinajstić information content (AvgIpc) is 2.46. The minimum absolute atomic E-state index is 0.235. The molecular weight excluding hydrogens is 294 g/mol. The molecule has 0 aliphatic rings. The maximum atomic E-state index is 11.3. The Morgan fingerprint density at radius 1 is 1.38 bits per heavy atom. The van der Waals surface area contributed by atoms with Crippen LogP contribution in [0.1, 0.15) is 25.0 Å². The van der Waals surface area contributed by atoms with Crippen molar-refractivity contribution in [1.82, 2.24) is 4.98 Å². The van der Waals surface area contributed by atoms with Crippen molar-refractivity contribution in [2.75, 3.05) is 6.61 Å². The number of ether oxygens (including phenoxy) is 1. The first kappa shape index (κ1) is 15.7. The molecule has 0 radical (unpaired) electrons. The molecule has 0 bridgehead atoms. The maximum absolute atomic E-state index is 11.3. The fourth-order valence-electron chi connectivity index (χ4n) is 2.04. The molecule has 0 spiro atoms. The number of hydrogen-bond acceptors (Lipinski definition) is 5. The van der Waals surface area contributed by atoms with Crippen molar-refractivity contribution >= 4 is 28.5 Å². The summed E-state index contributed by atoms with van der Waals surface area (Å²) in [5.74, 6) is -0.551. The fourth-order valence-corrected chi connectivity index (χ4v) is 2.25. The van der Waals surface area contributed by atoms with Gasteiger partial charge in [0.25, 0.3) is 0 Å². The topological polar surface area (TPSA) is 79.7 Å². The van der Waals surface area contributed by atoms with Crippen molar-refractivity contribution in [3.8, 4) is 0 Å². The van der Waals surface area contributed by atoms with Crippen molar-refractivity contribution < 1.29 is 19.7 Å². The zero-order valence-corrected chi connectivity index (χ0v) is 12.2. The van der Waals surface area contributed by atoms with E-state index in [4.69, 9.17) is 16.3 Å². The maximum Gasteiger partial charge on any atom is 0.308 e. The molecule has 1 heterocycles. The zero-order valence-electron chi connectivity index (χ0n) is 11.5. The number of aromatic nitrogens is 1. The van der Waals surface area contributed by atoms with Gasteiger partial charge in [0.2, 0.25) is 0 Å². The lowest BCUT2D eigenvalue weighted by Crippen LogP contribution is -2.23. The van der Waals surface area contributed by atoms with Crippen LogP contribution < -0.4 is 0 Å². The highest BCUT2D eigenvalue weighted by Crippen LogP contribution is 2.27. The molecule has 0 aliphatic carbocycles. The Balaban J connectivity index is 2.20. The van der Waals surface area contributed by atoms with E-state index in [1.165, 1.54) is 0 Å². The van der Waals surface area contributed by atoms with Gasteiger partial charge in [-0.3, -0.25) is 9.78 Å². The Kier molecular flexibility index (Phi) is 5.12. The number of esters is 1. The van der Waals surface area contributed by atoms with Crippen LogP contribution in [0, 0.1) is 0 Å². The molecule has 5 nitrogen and oxygen atoms in total. The van der Waals surface area contributed by atoms with Crippen LogP contribution in [0.25, 0.3) is 10.9 Å². The molecule has 2 rings (SSSR count). The van der Waals surface area contributed by atoms with E-state index in [2.05, 4.69) is 4.98 Å². The monoisotopic (exact) mass is 309 g/mol. The number of aliphatic hydroxyl groups excluding tert-OH is 2. The first-order chi connectivity index (χ1) is 10.0. The predicted octanol–water partition coefficient (Wildman–Crippen LogP) is 2.24. The third-order valence-electron chi connectivity index (χ3n) is 3.10. The van der Waals surface area contributed by atoms with E-state index in [1.807, 2.05) is 0 Å². The SMILES string of the molecule is CCOC(=O)CC(O)C(O)c1ccc2nccc(Cl)c2c1. The molecule has 1 aromatic carbocycles. The number of nitrogens with zero attached hydrogens (tertiary/aromatic N) is 1. The smallest absolute Gasteiger partial charge is 0.308 e. The number of halogens is 1. The first-order valence-corrected chi connectivity index (χ1v) is 6.96. The quantitative estimate of drug-likeness (QED) is 0.828. The Hall–Kier alpha value is -1.69. The van der Waals surface area contributed by atoms with Crippen LogP contribution in [-0.2, 0) is 9.53 Å². The first-order valence-electron chi connectivity index (χ1n) is 6.59. The van der Waals surface area contributed by atoms with E-state index in [0.717, 1.165) is 0 Å². The third kappa shape index (κ3) is 3.69. The van der Waals surface area contributed by atoms with Gasteiger partial charge in [-0.2, -0.15) is 0 Å². The molecule has 0 fully saturated rings. The number of carbonyl (C=O) groups is 1. The number of pyridine rings is 1. The molecule has 2 N–H and O–H groups in total. The summed E-state index contributed by atoms with van der Waals surface area (Å²) in [7, 11) is 0. The van der Waals surface area contributed by atoms with E-state index < -0.39 is 18.2 Å². The number of fused-ring (bicyclic) bond motifs is 1. The lowest BCUT2D eigenvalue weighted by Gasteiger charge is -2.18. The summed E-state index contributed by atoms with van der Waals surface area (Å²) < 4.78 is 4.75. The second kappa shape index (κ2) is 6.85. The van der Waals surface area contributed by atoms with Crippen LogP contribution in [0.15, 0.2) is 30.5 Å². The van der Waals surface area contributed by atoms with E-state index in [0.29, 0.717) is 21.5 Å². The molecule has 0 amide bonds. The van der Waals surface area contributed by atoms with Gasteiger partial charge >= 0.3 is 5.97 Å². The second-order valence-electron chi connectivity index (χ2n) is 4.59. The molecule has 1 aromatic heterocycles. The predicted molar refractivity (Wildman–Crippen MR) is 79.0 cm³/mol. The van der Waals surface area contributed by atoms with Crippen molar-refractivity contribution in [3.63, 3.8) is 0 Å². The summed E-state index contributed by atoms with van der Waals surface area (Å²) in [6, 6.07) is 6.65. The third-order valence-corrected chi connectivity index (χ3v) is 3.43. The Morgan fingerprint density at radius 3 is 2.86 bits per heavy atom. The molecule has 112 valence electrons. The van der Waals surface area contributed by atoms with Gasteiger partial charge in [0.15, 0.2) is 0 Å². The Labute approximate surface area is 127 Å². The minimum atomic E-state index is -1.24. The van der Waals surface area contributed by atoms with E-state index in [9.17, 15) is 15.0 Å². The number of carbonyl (C=O) groups excluding carboxylic acids is 1. The Morgan fingerprint density at radius 2 is 2.14 bits per heavy atom. The molecule has 2 atom stereocenters. The molecule has 0 saturated heterocycles. The van der Waals surface area contributed by atoms with Crippen molar-refractivity contribution in [1.29, 1.82) is 0 Å². The summed E-state index contributed by atoms with van der Waals surface area (Å²) in [4.78, 5) is 15.5. The van der Waals surface area contributed by atoms with Crippen molar-refractivity contribution in [2.45, 2.75) is 25.6 Å². The number of benzene rings is 1. The fraction of sp³-hybridized carbons (Fsp3) is 0.333. The second-order valence-corrected chi connectivity index (χ2v) is 5.00. The van der Waals surface area contributed by atoms with Crippen LogP contribution >= 0.6 is 11.6 Å². The summed E-state index contributed by atoms with van der Waals surface area (Å²) in [6.45, 7) is 1.91. The van der Waals surface area contributed by atoms with Crippen LogP contribution in [0.2, 0.25) is 5.02 Å². The van der Waals surface area contributed by atoms with E-state index in [-0.39, 0.29) is 13.0 Å². The van der Waals surface area contributed by atoms with Gasteiger partial charge in [-0.05, 0) is 30.7 Å². The van der Waals surface area contributed by atoms with Crippen molar-refractivity contribution in [2.24, 2.45) is 0 Å². The van der Waals surface area contributed by atoms with Gasteiger partial charge < -0.3 is 14.9 Å². The van der Waals surface area contributed by atoms with Gasteiger partial charge in [0.1, 0.15) is 6.10 Å².